The van der Waals surface area contributed by atoms with E-state index in [0.717, 1.165) is 0 Å². The highest BCUT2D eigenvalue weighted by Gasteiger charge is 2.31. The van der Waals surface area contributed by atoms with Gasteiger partial charge in [0.15, 0.2) is 6.10 Å². The number of piperazine rings is 1. The second-order valence-electron chi connectivity index (χ2n) is 6.48. The third-order valence-corrected chi connectivity index (χ3v) is 6.55. The summed E-state index contributed by atoms with van der Waals surface area (Å²) >= 11 is 0. The Morgan fingerprint density at radius 3 is 2.25 bits per heavy atom. The number of hydrogen-bond acceptors (Lipinski definition) is 5. The van der Waals surface area contributed by atoms with Gasteiger partial charge in [0.05, 0.1) is 12.0 Å². The number of benzene rings is 2. The minimum absolute atomic E-state index is 0.167. The van der Waals surface area contributed by atoms with Crippen LogP contribution in [0.1, 0.15) is 6.92 Å². The van der Waals surface area contributed by atoms with Crippen LogP contribution in [0.25, 0.3) is 0 Å². The summed E-state index contributed by atoms with van der Waals surface area (Å²) in [6, 6.07) is 15.4. The van der Waals surface area contributed by atoms with Gasteiger partial charge < -0.3 is 14.4 Å². The average molecular weight is 404 g/mol. The molecular formula is C20H24N2O5S. The molecule has 3 rings (SSSR count). The standard InChI is InChI=1S/C20H24N2O5S/c1-16(27-18-8-6-7-17(15-18)26-2)20(23)21-11-13-22(14-12-21)28(24,25)19-9-4-3-5-10-19/h3-10,15-16H,11-14H2,1-2H3. The van der Waals surface area contributed by atoms with Crippen molar-refractivity contribution in [3.63, 3.8) is 0 Å². The molecular weight excluding hydrogens is 380 g/mol. The van der Waals surface area contributed by atoms with Crippen molar-refractivity contribution in [3.05, 3.63) is 54.6 Å². The number of ether oxygens (including phenoxy) is 2. The van der Waals surface area contributed by atoms with Crippen molar-refractivity contribution in [2.75, 3.05) is 33.3 Å². The van der Waals surface area contributed by atoms with Gasteiger partial charge in [-0.25, -0.2) is 8.42 Å². The van der Waals surface area contributed by atoms with E-state index in [2.05, 4.69) is 0 Å². The summed E-state index contributed by atoms with van der Waals surface area (Å²) in [6.45, 7) is 2.87. The number of amides is 1. The second-order valence-corrected chi connectivity index (χ2v) is 8.42. The lowest BCUT2D eigenvalue weighted by Crippen LogP contribution is -2.53. The predicted molar refractivity (Wildman–Crippen MR) is 105 cm³/mol. The van der Waals surface area contributed by atoms with E-state index in [-0.39, 0.29) is 23.9 Å². The van der Waals surface area contributed by atoms with Crippen molar-refractivity contribution < 1.29 is 22.7 Å². The van der Waals surface area contributed by atoms with Crippen LogP contribution < -0.4 is 9.47 Å². The number of methoxy groups -OCH3 is 1. The fourth-order valence-electron chi connectivity index (χ4n) is 3.08. The van der Waals surface area contributed by atoms with Crippen molar-refractivity contribution in [1.29, 1.82) is 0 Å². The molecule has 0 bridgehead atoms. The molecule has 2 aromatic carbocycles. The first kappa shape index (κ1) is 20.2. The molecule has 8 heteroatoms. The molecule has 0 N–H and O–H groups in total. The summed E-state index contributed by atoms with van der Waals surface area (Å²) < 4.78 is 37.7. The highest BCUT2D eigenvalue weighted by molar-refractivity contribution is 7.89. The van der Waals surface area contributed by atoms with E-state index in [1.54, 1.807) is 73.5 Å². The van der Waals surface area contributed by atoms with Gasteiger partial charge in [-0.3, -0.25) is 4.79 Å². The van der Waals surface area contributed by atoms with Crippen LogP contribution >= 0.6 is 0 Å². The third kappa shape index (κ3) is 4.45. The minimum atomic E-state index is -3.54. The molecule has 0 aromatic heterocycles. The molecule has 1 unspecified atom stereocenters. The number of nitrogens with zero attached hydrogens (tertiary/aromatic N) is 2. The van der Waals surface area contributed by atoms with Crippen molar-refractivity contribution in [1.82, 2.24) is 9.21 Å². The van der Waals surface area contributed by atoms with Crippen LogP contribution in [0, 0.1) is 0 Å². The maximum absolute atomic E-state index is 12.7. The summed E-state index contributed by atoms with van der Waals surface area (Å²) in [5.41, 5.74) is 0. The molecule has 150 valence electrons. The van der Waals surface area contributed by atoms with Gasteiger partial charge in [0.2, 0.25) is 10.0 Å². The summed E-state index contributed by atoms with van der Waals surface area (Å²) in [6.07, 6.45) is -0.676. The van der Waals surface area contributed by atoms with Gasteiger partial charge in [-0.05, 0) is 31.2 Å². The van der Waals surface area contributed by atoms with E-state index >= 15 is 0 Å². The number of hydrogen-bond donors (Lipinski definition) is 0. The normalized spacial score (nSPS) is 16.4. The molecule has 1 aliphatic heterocycles. The Bertz CT molecular complexity index is 909. The lowest BCUT2D eigenvalue weighted by atomic mass is 10.2. The van der Waals surface area contributed by atoms with Crippen LogP contribution in [0.3, 0.4) is 0 Å². The molecule has 1 atom stereocenters. The summed E-state index contributed by atoms with van der Waals surface area (Å²) in [5.74, 6) is 1.03. The zero-order valence-corrected chi connectivity index (χ0v) is 16.8. The summed E-state index contributed by atoms with van der Waals surface area (Å²) in [5, 5.41) is 0. The Balaban J connectivity index is 1.59. The zero-order chi connectivity index (χ0) is 20.1. The molecule has 7 nitrogen and oxygen atoms in total. The maximum Gasteiger partial charge on any atom is 0.263 e. The minimum Gasteiger partial charge on any atom is -0.497 e. The Morgan fingerprint density at radius 2 is 1.61 bits per heavy atom. The van der Waals surface area contributed by atoms with Gasteiger partial charge in [-0.1, -0.05) is 24.3 Å². The first-order chi connectivity index (χ1) is 13.4. The molecule has 1 amide bonds. The quantitative estimate of drug-likeness (QED) is 0.736. The highest BCUT2D eigenvalue weighted by atomic mass is 32.2. The Labute approximate surface area is 165 Å². The van der Waals surface area contributed by atoms with Crippen molar-refractivity contribution >= 4 is 15.9 Å². The molecule has 1 fully saturated rings. The smallest absolute Gasteiger partial charge is 0.263 e. The fraction of sp³-hybridized carbons (Fsp3) is 0.350. The molecule has 1 heterocycles. The predicted octanol–water partition coefficient (Wildman–Crippen LogP) is 2.00. The van der Waals surface area contributed by atoms with Crippen LogP contribution in [0.2, 0.25) is 0 Å². The molecule has 2 aromatic rings. The summed E-state index contributed by atoms with van der Waals surface area (Å²) in [7, 11) is -1.97. The number of carbonyl (C=O) groups is 1. The Hall–Kier alpha value is -2.58. The molecule has 0 spiro atoms. The van der Waals surface area contributed by atoms with E-state index in [1.165, 1.54) is 4.31 Å². The van der Waals surface area contributed by atoms with Crippen molar-refractivity contribution in [2.45, 2.75) is 17.9 Å². The Kier molecular flexibility index (Phi) is 6.21. The molecule has 0 saturated carbocycles. The first-order valence-corrected chi connectivity index (χ1v) is 10.5. The third-order valence-electron chi connectivity index (χ3n) is 4.63. The van der Waals surface area contributed by atoms with Crippen LogP contribution in [0.5, 0.6) is 11.5 Å². The van der Waals surface area contributed by atoms with Crippen LogP contribution in [0.15, 0.2) is 59.5 Å². The number of carbonyl (C=O) groups excluding carboxylic acids is 1. The second kappa shape index (κ2) is 8.62. The number of rotatable bonds is 6. The Morgan fingerprint density at radius 1 is 0.964 bits per heavy atom. The molecule has 0 radical (unpaired) electrons. The van der Waals surface area contributed by atoms with Gasteiger partial charge in [0.25, 0.3) is 5.91 Å². The van der Waals surface area contributed by atoms with Gasteiger partial charge in [0.1, 0.15) is 11.5 Å². The van der Waals surface area contributed by atoms with Gasteiger partial charge in [-0.15, -0.1) is 0 Å². The van der Waals surface area contributed by atoms with Gasteiger partial charge >= 0.3 is 0 Å². The fourth-order valence-corrected chi connectivity index (χ4v) is 4.52. The average Bonchev–Trinajstić information content (AvgIpc) is 2.74. The van der Waals surface area contributed by atoms with Gasteiger partial charge in [0, 0.05) is 32.2 Å². The zero-order valence-electron chi connectivity index (χ0n) is 15.9. The van der Waals surface area contributed by atoms with E-state index < -0.39 is 16.1 Å². The lowest BCUT2D eigenvalue weighted by Gasteiger charge is -2.35. The van der Waals surface area contributed by atoms with Crippen molar-refractivity contribution in [3.8, 4) is 11.5 Å². The van der Waals surface area contributed by atoms with E-state index in [0.29, 0.717) is 24.6 Å². The van der Waals surface area contributed by atoms with E-state index in [1.807, 2.05) is 0 Å². The van der Waals surface area contributed by atoms with E-state index in [9.17, 15) is 13.2 Å². The molecule has 1 aliphatic rings. The first-order valence-electron chi connectivity index (χ1n) is 9.06. The van der Waals surface area contributed by atoms with Crippen LogP contribution in [-0.2, 0) is 14.8 Å². The van der Waals surface area contributed by atoms with E-state index in [4.69, 9.17) is 9.47 Å². The summed E-state index contributed by atoms with van der Waals surface area (Å²) in [4.78, 5) is 14.6. The maximum atomic E-state index is 12.7. The monoisotopic (exact) mass is 404 g/mol. The van der Waals surface area contributed by atoms with Crippen LogP contribution in [0.4, 0.5) is 0 Å². The van der Waals surface area contributed by atoms with Crippen LogP contribution in [-0.4, -0.2) is 62.9 Å². The SMILES string of the molecule is COc1cccc(OC(C)C(=O)N2CCN(S(=O)(=O)c3ccccc3)CC2)c1. The highest BCUT2D eigenvalue weighted by Crippen LogP contribution is 2.21. The van der Waals surface area contributed by atoms with Crippen molar-refractivity contribution in [2.24, 2.45) is 0 Å². The molecule has 28 heavy (non-hydrogen) atoms. The lowest BCUT2D eigenvalue weighted by molar-refractivity contribution is -0.139. The number of sulfonamides is 1. The largest absolute Gasteiger partial charge is 0.497 e. The molecule has 0 aliphatic carbocycles. The van der Waals surface area contributed by atoms with Gasteiger partial charge in [-0.2, -0.15) is 4.31 Å². The molecule has 1 saturated heterocycles. The topological polar surface area (TPSA) is 76.2 Å².